The third kappa shape index (κ3) is 3.55. The second-order valence-corrected chi connectivity index (χ2v) is 5.95. The molecule has 1 aliphatic carbocycles. The Bertz CT molecular complexity index is 519. The molecule has 0 atom stereocenters. The number of hydrogen-bond acceptors (Lipinski definition) is 4. The summed E-state index contributed by atoms with van der Waals surface area (Å²) in [6, 6.07) is 11.3. The van der Waals surface area contributed by atoms with Gasteiger partial charge in [-0.05, 0) is 18.4 Å². The van der Waals surface area contributed by atoms with Crippen molar-refractivity contribution in [2.75, 3.05) is 11.9 Å². The van der Waals surface area contributed by atoms with E-state index in [0.29, 0.717) is 0 Å². The zero-order valence-electron chi connectivity index (χ0n) is 11.2. The molecule has 1 fully saturated rings. The molecular weight excluding hydrogens is 254 g/mol. The zero-order chi connectivity index (χ0) is 13.1. The van der Waals surface area contributed by atoms with Crippen molar-refractivity contribution in [2.24, 2.45) is 0 Å². The van der Waals surface area contributed by atoms with Crippen molar-refractivity contribution in [3.63, 3.8) is 0 Å². The summed E-state index contributed by atoms with van der Waals surface area (Å²) in [7, 11) is 2.10. The van der Waals surface area contributed by atoms with Gasteiger partial charge in [0.1, 0.15) is 0 Å². The Labute approximate surface area is 118 Å². The maximum absolute atomic E-state index is 4.69. The molecule has 0 unspecified atom stereocenters. The maximum atomic E-state index is 4.69. The largest absolute Gasteiger partial charge is 0.347 e. The van der Waals surface area contributed by atoms with E-state index >= 15 is 0 Å². The maximum Gasteiger partial charge on any atom is 0.185 e. The molecule has 1 saturated carbocycles. The lowest BCUT2D eigenvalue weighted by Crippen LogP contribution is -2.17. The van der Waals surface area contributed by atoms with Crippen LogP contribution in [0.3, 0.4) is 0 Å². The topological polar surface area (TPSA) is 28.2 Å². The molecule has 0 radical (unpaired) electrons. The third-order valence-corrected chi connectivity index (χ3v) is 4.28. The summed E-state index contributed by atoms with van der Waals surface area (Å²) in [4.78, 5) is 6.90. The number of nitrogens with zero attached hydrogens (tertiary/aromatic N) is 2. The molecule has 0 aliphatic heterocycles. The molecule has 3 nitrogen and oxygen atoms in total. The number of rotatable bonds is 6. The van der Waals surface area contributed by atoms with Gasteiger partial charge in [0.05, 0.1) is 5.69 Å². The van der Waals surface area contributed by atoms with Crippen LogP contribution < -0.4 is 10.2 Å². The van der Waals surface area contributed by atoms with Gasteiger partial charge in [0.2, 0.25) is 0 Å². The highest BCUT2D eigenvalue weighted by Crippen LogP contribution is 2.23. The second-order valence-electron chi connectivity index (χ2n) is 5.12. The number of hydrogen-bond donors (Lipinski definition) is 1. The summed E-state index contributed by atoms with van der Waals surface area (Å²) in [6.07, 6.45) is 2.65. The lowest BCUT2D eigenvalue weighted by atomic mass is 10.2. The fraction of sp³-hybridized carbons (Fsp3) is 0.400. The molecule has 1 aliphatic rings. The minimum Gasteiger partial charge on any atom is -0.347 e. The van der Waals surface area contributed by atoms with Crippen LogP contribution in [-0.2, 0) is 13.1 Å². The zero-order valence-corrected chi connectivity index (χ0v) is 12.0. The molecule has 1 N–H and O–H groups in total. The number of thiazole rings is 1. The van der Waals surface area contributed by atoms with E-state index in [1.54, 1.807) is 11.3 Å². The van der Waals surface area contributed by atoms with Gasteiger partial charge in [-0.15, -0.1) is 11.3 Å². The van der Waals surface area contributed by atoms with Crippen LogP contribution in [0.15, 0.2) is 35.7 Å². The predicted octanol–water partition coefficient (Wildman–Crippen LogP) is 3.03. The van der Waals surface area contributed by atoms with Crippen molar-refractivity contribution in [2.45, 2.75) is 32.0 Å². The highest BCUT2D eigenvalue weighted by Gasteiger charge is 2.20. The Morgan fingerprint density at radius 3 is 2.84 bits per heavy atom. The first kappa shape index (κ1) is 12.6. The van der Waals surface area contributed by atoms with Gasteiger partial charge >= 0.3 is 0 Å². The summed E-state index contributed by atoms with van der Waals surface area (Å²) >= 11 is 1.72. The van der Waals surface area contributed by atoms with Crippen LogP contribution in [0.25, 0.3) is 0 Å². The van der Waals surface area contributed by atoms with E-state index in [4.69, 9.17) is 0 Å². The minimum absolute atomic E-state index is 0.743. The van der Waals surface area contributed by atoms with Crippen molar-refractivity contribution in [3.8, 4) is 0 Å². The van der Waals surface area contributed by atoms with E-state index in [-0.39, 0.29) is 0 Å². The average molecular weight is 273 g/mol. The molecule has 0 bridgehead atoms. The van der Waals surface area contributed by atoms with E-state index in [1.165, 1.54) is 18.4 Å². The fourth-order valence-corrected chi connectivity index (χ4v) is 2.81. The smallest absolute Gasteiger partial charge is 0.185 e. The first-order valence-electron chi connectivity index (χ1n) is 6.74. The summed E-state index contributed by atoms with van der Waals surface area (Å²) in [6.45, 7) is 1.81. The quantitative estimate of drug-likeness (QED) is 0.877. The highest BCUT2D eigenvalue weighted by atomic mass is 32.1. The van der Waals surface area contributed by atoms with Crippen molar-refractivity contribution in [1.29, 1.82) is 0 Å². The molecule has 1 aromatic heterocycles. The van der Waals surface area contributed by atoms with E-state index in [0.717, 1.165) is 30.0 Å². The van der Waals surface area contributed by atoms with Crippen molar-refractivity contribution < 1.29 is 0 Å². The van der Waals surface area contributed by atoms with Gasteiger partial charge in [-0.2, -0.15) is 0 Å². The van der Waals surface area contributed by atoms with Crippen LogP contribution in [0.4, 0.5) is 5.13 Å². The van der Waals surface area contributed by atoms with Gasteiger partial charge in [0.15, 0.2) is 5.13 Å². The van der Waals surface area contributed by atoms with E-state index < -0.39 is 0 Å². The number of aromatic nitrogens is 1. The molecular formula is C15H19N3S. The van der Waals surface area contributed by atoms with E-state index in [9.17, 15) is 0 Å². The van der Waals surface area contributed by atoms with Crippen LogP contribution >= 0.6 is 11.3 Å². The Morgan fingerprint density at radius 2 is 2.11 bits per heavy atom. The van der Waals surface area contributed by atoms with Gasteiger partial charge in [-0.1, -0.05) is 30.3 Å². The highest BCUT2D eigenvalue weighted by molar-refractivity contribution is 7.13. The molecule has 100 valence electrons. The molecule has 19 heavy (non-hydrogen) atoms. The second kappa shape index (κ2) is 5.72. The standard InChI is InChI=1S/C15H19N3S/c1-18(10-12-5-3-2-4-6-12)15-17-14(11-19-15)9-16-13-7-8-13/h2-6,11,13,16H,7-10H2,1H3. The molecule has 3 rings (SSSR count). The normalized spacial score (nSPS) is 14.6. The van der Waals surface area contributed by atoms with E-state index in [2.05, 4.69) is 58.0 Å². The van der Waals surface area contributed by atoms with Gasteiger partial charge < -0.3 is 10.2 Å². The average Bonchev–Trinajstić information content (AvgIpc) is 3.14. The summed E-state index contributed by atoms with van der Waals surface area (Å²) in [5.41, 5.74) is 2.48. The SMILES string of the molecule is CN(Cc1ccccc1)c1nc(CNC2CC2)cs1. The molecule has 0 spiro atoms. The van der Waals surface area contributed by atoms with Crippen LogP contribution in [0, 0.1) is 0 Å². The lowest BCUT2D eigenvalue weighted by molar-refractivity contribution is 0.676. The molecule has 2 aromatic rings. The molecule has 1 aromatic carbocycles. The minimum atomic E-state index is 0.743. The van der Waals surface area contributed by atoms with Crippen molar-refractivity contribution in [1.82, 2.24) is 10.3 Å². The predicted molar refractivity (Wildman–Crippen MR) is 80.5 cm³/mol. The number of anilines is 1. The van der Waals surface area contributed by atoms with Gasteiger partial charge in [-0.3, -0.25) is 0 Å². The Hall–Kier alpha value is -1.39. The van der Waals surface area contributed by atoms with E-state index in [1.807, 2.05) is 0 Å². The van der Waals surface area contributed by atoms with Crippen LogP contribution in [0.1, 0.15) is 24.1 Å². The Kier molecular flexibility index (Phi) is 3.80. The van der Waals surface area contributed by atoms with Gasteiger partial charge in [-0.25, -0.2) is 4.98 Å². The van der Waals surface area contributed by atoms with Gasteiger partial charge in [0.25, 0.3) is 0 Å². The monoisotopic (exact) mass is 273 g/mol. The molecule has 0 saturated heterocycles. The molecule has 4 heteroatoms. The first-order valence-corrected chi connectivity index (χ1v) is 7.62. The van der Waals surface area contributed by atoms with Gasteiger partial charge in [0, 0.05) is 31.6 Å². The number of benzene rings is 1. The van der Waals surface area contributed by atoms with Crippen LogP contribution in [0.5, 0.6) is 0 Å². The summed E-state index contributed by atoms with van der Waals surface area (Å²) in [5, 5.41) is 6.75. The summed E-state index contributed by atoms with van der Waals surface area (Å²) in [5.74, 6) is 0. The Morgan fingerprint density at radius 1 is 1.32 bits per heavy atom. The first-order chi connectivity index (χ1) is 9.31. The summed E-state index contributed by atoms with van der Waals surface area (Å²) < 4.78 is 0. The molecule has 0 amide bonds. The van der Waals surface area contributed by atoms with Crippen LogP contribution in [-0.4, -0.2) is 18.1 Å². The lowest BCUT2D eigenvalue weighted by Gasteiger charge is -2.15. The Balaban J connectivity index is 1.58. The van der Waals surface area contributed by atoms with Crippen molar-refractivity contribution in [3.05, 3.63) is 47.0 Å². The van der Waals surface area contributed by atoms with Crippen LogP contribution in [0.2, 0.25) is 0 Å². The fourth-order valence-electron chi connectivity index (χ4n) is 2.01. The number of nitrogens with one attached hydrogen (secondary N) is 1. The third-order valence-electron chi connectivity index (χ3n) is 3.28. The molecule has 1 heterocycles. The van der Waals surface area contributed by atoms with Crippen molar-refractivity contribution >= 4 is 16.5 Å².